The summed E-state index contributed by atoms with van der Waals surface area (Å²) in [7, 11) is 0. The average molecular weight is 264 g/mol. The molecule has 0 aliphatic heterocycles. The van der Waals surface area contributed by atoms with E-state index in [9.17, 15) is 14.4 Å². The van der Waals surface area contributed by atoms with Crippen molar-refractivity contribution in [1.82, 2.24) is 10.6 Å². The van der Waals surface area contributed by atoms with Crippen LogP contribution in [0.3, 0.4) is 0 Å². The molecule has 0 heterocycles. The zero-order chi connectivity index (χ0) is 14.3. The Morgan fingerprint density at radius 1 is 1.21 bits per heavy atom. The molecule has 1 aromatic carbocycles. The fraction of sp³-hybridized carbons (Fsp3) is 0.308. The topological polar surface area (TPSA) is 95.5 Å². The van der Waals surface area contributed by atoms with Crippen LogP contribution in [0.1, 0.15) is 22.8 Å². The molecule has 6 nitrogen and oxygen atoms in total. The fourth-order valence-electron chi connectivity index (χ4n) is 1.47. The lowest BCUT2D eigenvalue weighted by Crippen LogP contribution is -2.36. The van der Waals surface area contributed by atoms with Crippen molar-refractivity contribution in [3.05, 3.63) is 35.4 Å². The summed E-state index contributed by atoms with van der Waals surface area (Å²) in [6.45, 7) is 1.68. The quantitative estimate of drug-likeness (QED) is 0.683. The van der Waals surface area contributed by atoms with Crippen LogP contribution >= 0.6 is 0 Å². The largest absolute Gasteiger partial charge is 0.478 e. The number of carbonyl (C=O) groups excluding carboxylic acids is 2. The van der Waals surface area contributed by atoms with Crippen LogP contribution in [0.5, 0.6) is 0 Å². The van der Waals surface area contributed by atoms with E-state index in [1.165, 1.54) is 13.0 Å². The third-order valence-electron chi connectivity index (χ3n) is 2.41. The molecule has 0 radical (unpaired) electrons. The van der Waals surface area contributed by atoms with Crippen molar-refractivity contribution < 1.29 is 19.5 Å². The number of hydrogen-bond donors (Lipinski definition) is 3. The molecule has 3 N–H and O–H groups in total. The van der Waals surface area contributed by atoms with Crippen LogP contribution in [-0.4, -0.2) is 36.0 Å². The van der Waals surface area contributed by atoms with Gasteiger partial charge in [0.05, 0.1) is 12.1 Å². The van der Waals surface area contributed by atoms with Gasteiger partial charge in [0.15, 0.2) is 0 Å². The van der Waals surface area contributed by atoms with Gasteiger partial charge in [0.2, 0.25) is 11.8 Å². The third-order valence-corrected chi connectivity index (χ3v) is 2.41. The van der Waals surface area contributed by atoms with Crippen LogP contribution in [0.15, 0.2) is 24.3 Å². The predicted octanol–water partition coefficient (Wildman–Crippen LogP) is 0.180. The molecule has 0 bridgehead atoms. The second-order valence-corrected chi connectivity index (χ2v) is 4.02. The molecular formula is C13H16N2O4. The zero-order valence-electron chi connectivity index (χ0n) is 10.6. The lowest BCUT2D eigenvalue weighted by molar-refractivity contribution is -0.125. The van der Waals surface area contributed by atoms with Crippen molar-refractivity contribution >= 4 is 17.8 Å². The molecule has 6 heteroatoms. The second-order valence-electron chi connectivity index (χ2n) is 4.02. The zero-order valence-corrected chi connectivity index (χ0v) is 10.6. The van der Waals surface area contributed by atoms with Crippen LogP contribution in [0, 0.1) is 0 Å². The number of rotatable bonds is 6. The Labute approximate surface area is 110 Å². The first-order chi connectivity index (χ1) is 8.99. The molecule has 0 aromatic heterocycles. The summed E-state index contributed by atoms with van der Waals surface area (Å²) < 4.78 is 0. The van der Waals surface area contributed by atoms with Crippen molar-refractivity contribution in [3.63, 3.8) is 0 Å². The molecule has 19 heavy (non-hydrogen) atoms. The number of carboxylic acid groups (broad SMARTS) is 1. The Balaban J connectivity index is 2.36. The number of nitrogens with one attached hydrogen (secondary N) is 2. The van der Waals surface area contributed by atoms with Crippen LogP contribution in [0.2, 0.25) is 0 Å². The highest BCUT2D eigenvalue weighted by Crippen LogP contribution is 2.05. The second kappa shape index (κ2) is 7.15. The maximum atomic E-state index is 11.3. The first-order valence-electron chi connectivity index (χ1n) is 5.82. The maximum Gasteiger partial charge on any atom is 0.335 e. The van der Waals surface area contributed by atoms with E-state index < -0.39 is 5.97 Å². The van der Waals surface area contributed by atoms with E-state index in [-0.39, 0.29) is 23.9 Å². The summed E-state index contributed by atoms with van der Waals surface area (Å²) in [5.41, 5.74) is 1.06. The number of benzene rings is 1. The highest BCUT2D eigenvalue weighted by Gasteiger charge is 2.04. The summed E-state index contributed by atoms with van der Waals surface area (Å²) in [6.07, 6.45) is 0.535. The molecule has 0 spiro atoms. The number of carboxylic acids is 1. The Bertz CT molecular complexity index is 485. The average Bonchev–Trinajstić information content (AvgIpc) is 2.36. The van der Waals surface area contributed by atoms with Crippen molar-refractivity contribution in [2.45, 2.75) is 13.3 Å². The van der Waals surface area contributed by atoms with E-state index in [1.807, 2.05) is 0 Å². The highest BCUT2D eigenvalue weighted by molar-refractivity contribution is 5.87. The molecule has 0 saturated heterocycles. The van der Waals surface area contributed by atoms with Crippen molar-refractivity contribution in [3.8, 4) is 0 Å². The standard InChI is InChI=1S/C13H16N2O4/c1-9(16)15-8-12(17)14-6-5-10-3-2-4-11(7-10)13(18)19/h2-4,7H,5-6,8H2,1H3,(H,14,17)(H,15,16)(H,18,19). The Morgan fingerprint density at radius 2 is 1.95 bits per heavy atom. The summed E-state index contributed by atoms with van der Waals surface area (Å²) in [5, 5.41) is 13.9. The summed E-state index contributed by atoms with van der Waals surface area (Å²) in [5.74, 6) is -1.51. The molecule has 1 rings (SSSR count). The maximum absolute atomic E-state index is 11.3. The molecule has 0 fully saturated rings. The van der Waals surface area contributed by atoms with Gasteiger partial charge < -0.3 is 15.7 Å². The van der Waals surface area contributed by atoms with Gasteiger partial charge in [-0.25, -0.2) is 4.79 Å². The van der Waals surface area contributed by atoms with E-state index in [4.69, 9.17) is 5.11 Å². The number of amides is 2. The van der Waals surface area contributed by atoms with Gasteiger partial charge in [0.25, 0.3) is 0 Å². The summed E-state index contributed by atoms with van der Waals surface area (Å²) >= 11 is 0. The van der Waals surface area contributed by atoms with Gasteiger partial charge in [-0.15, -0.1) is 0 Å². The van der Waals surface area contributed by atoms with E-state index in [1.54, 1.807) is 18.2 Å². The van der Waals surface area contributed by atoms with Crippen molar-refractivity contribution in [1.29, 1.82) is 0 Å². The molecule has 0 aliphatic rings. The Morgan fingerprint density at radius 3 is 2.58 bits per heavy atom. The van der Waals surface area contributed by atoms with Gasteiger partial charge in [-0.1, -0.05) is 12.1 Å². The van der Waals surface area contributed by atoms with E-state index >= 15 is 0 Å². The molecule has 0 saturated carbocycles. The molecule has 2 amide bonds. The monoisotopic (exact) mass is 264 g/mol. The number of carbonyl (C=O) groups is 3. The SMILES string of the molecule is CC(=O)NCC(=O)NCCc1cccc(C(=O)O)c1. The fourth-order valence-corrected chi connectivity index (χ4v) is 1.47. The molecule has 0 atom stereocenters. The van der Waals surface area contributed by atoms with Gasteiger partial charge in [-0.3, -0.25) is 9.59 Å². The Hall–Kier alpha value is -2.37. The van der Waals surface area contributed by atoms with Gasteiger partial charge in [0.1, 0.15) is 0 Å². The first-order valence-corrected chi connectivity index (χ1v) is 5.82. The van der Waals surface area contributed by atoms with Crippen LogP contribution < -0.4 is 10.6 Å². The van der Waals surface area contributed by atoms with Crippen molar-refractivity contribution in [2.75, 3.05) is 13.1 Å². The third kappa shape index (κ3) is 5.67. The van der Waals surface area contributed by atoms with E-state index in [0.717, 1.165) is 5.56 Å². The molecule has 102 valence electrons. The predicted molar refractivity (Wildman–Crippen MR) is 68.8 cm³/mol. The lowest BCUT2D eigenvalue weighted by Gasteiger charge is -2.06. The summed E-state index contributed by atoms with van der Waals surface area (Å²) in [4.78, 5) is 32.7. The first kappa shape index (κ1) is 14.7. The number of aromatic carboxylic acids is 1. The lowest BCUT2D eigenvalue weighted by atomic mass is 10.1. The number of hydrogen-bond acceptors (Lipinski definition) is 3. The Kier molecular flexibility index (Phi) is 5.53. The minimum Gasteiger partial charge on any atom is -0.478 e. The van der Waals surface area contributed by atoms with Gasteiger partial charge in [-0.2, -0.15) is 0 Å². The van der Waals surface area contributed by atoms with Crippen molar-refractivity contribution in [2.24, 2.45) is 0 Å². The summed E-state index contributed by atoms with van der Waals surface area (Å²) in [6, 6.07) is 6.55. The van der Waals surface area contributed by atoms with Gasteiger partial charge in [-0.05, 0) is 24.1 Å². The molecule has 1 aromatic rings. The van der Waals surface area contributed by atoms with Gasteiger partial charge >= 0.3 is 5.97 Å². The minimum absolute atomic E-state index is 0.0511. The molecule has 0 aliphatic carbocycles. The van der Waals surface area contributed by atoms with E-state index in [2.05, 4.69) is 10.6 Å². The van der Waals surface area contributed by atoms with E-state index in [0.29, 0.717) is 13.0 Å². The minimum atomic E-state index is -0.975. The smallest absolute Gasteiger partial charge is 0.335 e. The highest BCUT2D eigenvalue weighted by atomic mass is 16.4. The molecular weight excluding hydrogens is 248 g/mol. The van der Waals surface area contributed by atoms with Crippen LogP contribution in [0.4, 0.5) is 0 Å². The normalized spacial score (nSPS) is 9.74. The molecule has 0 unspecified atom stereocenters. The van der Waals surface area contributed by atoms with Gasteiger partial charge in [0, 0.05) is 13.5 Å². The van der Waals surface area contributed by atoms with Crippen LogP contribution in [0.25, 0.3) is 0 Å². The van der Waals surface area contributed by atoms with Crippen LogP contribution in [-0.2, 0) is 16.0 Å².